The second-order valence-electron chi connectivity index (χ2n) is 5.62. The molecule has 4 nitrogen and oxygen atoms in total. The third kappa shape index (κ3) is 2.38. The van der Waals surface area contributed by atoms with Gasteiger partial charge in [-0.1, -0.05) is 18.2 Å². The number of aromatic nitrogens is 2. The molecule has 1 aliphatic rings. The molecule has 0 aliphatic carbocycles. The first-order chi connectivity index (χ1) is 9.22. The van der Waals surface area contributed by atoms with Gasteiger partial charge < -0.3 is 10.6 Å². The van der Waals surface area contributed by atoms with Gasteiger partial charge in [-0.15, -0.1) is 0 Å². The lowest BCUT2D eigenvalue weighted by Crippen LogP contribution is -2.43. The van der Waals surface area contributed by atoms with Crippen LogP contribution in [0, 0.1) is 0 Å². The Balaban J connectivity index is 1.84. The molecule has 2 N–H and O–H groups in total. The van der Waals surface area contributed by atoms with E-state index < -0.39 is 0 Å². The van der Waals surface area contributed by atoms with Gasteiger partial charge in [-0.2, -0.15) is 5.10 Å². The molecule has 1 aromatic carbocycles. The minimum atomic E-state index is 0.205. The average Bonchev–Trinajstić information content (AvgIpc) is 3.01. The van der Waals surface area contributed by atoms with E-state index in [1.54, 1.807) is 0 Å². The Bertz CT molecular complexity index is 567. The molecule has 0 radical (unpaired) electrons. The molecule has 19 heavy (non-hydrogen) atoms. The maximum atomic E-state index is 4.73. The third-order valence-electron chi connectivity index (χ3n) is 4.09. The number of fused-ring (bicyclic) bond motifs is 1. The lowest BCUT2D eigenvalue weighted by atomic mass is 10.0. The molecule has 0 spiro atoms. The number of para-hydroxylation sites is 1. The Kier molecular flexibility index (Phi) is 3.29. The highest BCUT2D eigenvalue weighted by Gasteiger charge is 2.28. The van der Waals surface area contributed by atoms with Crippen molar-refractivity contribution in [3.63, 3.8) is 0 Å². The van der Waals surface area contributed by atoms with E-state index in [2.05, 4.69) is 53.4 Å². The summed E-state index contributed by atoms with van der Waals surface area (Å²) >= 11 is 0. The lowest BCUT2D eigenvalue weighted by Gasteiger charge is -2.24. The van der Waals surface area contributed by atoms with Gasteiger partial charge in [0.15, 0.2) is 0 Å². The van der Waals surface area contributed by atoms with E-state index >= 15 is 0 Å². The zero-order chi connectivity index (χ0) is 13.3. The molecule has 1 aromatic heterocycles. The Morgan fingerprint density at radius 2 is 2.26 bits per heavy atom. The van der Waals surface area contributed by atoms with Crippen LogP contribution in [0.2, 0.25) is 0 Å². The minimum Gasteiger partial charge on any atom is -0.315 e. The van der Waals surface area contributed by atoms with Gasteiger partial charge in [0.2, 0.25) is 0 Å². The summed E-state index contributed by atoms with van der Waals surface area (Å²) in [5, 5.41) is 13.1. The minimum absolute atomic E-state index is 0.205. The van der Waals surface area contributed by atoms with E-state index in [1.807, 2.05) is 0 Å². The van der Waals surface area contributed by atoms with Crippen LogP contribution in [-0.4, -0.2) is 28.4 Å². The van der Waals surface area contributed by atoms with E-state index in [-0.39, 0.29) is 5.54 Å². The van der Waals surface area contributed by atoms with Crippen molar-refractivity contribution in [3.05, 3.63) is 30.0 Å². The second-order valence-corrected chi connectivity index (χ2v) is 5.62. The Morgan fingerprint density at radius 1 is 1.42 bits per heavy atom. The predicted molar refractivity (Wildman–Crippen MR) is 78.1 cm³/mol. The summed E-state index contributed by atoms with van der Waals surface area (Å²) in [4.78, 5) is 0. The molecule has 0 saturated carbocycles. The van der Waals surface area contributed by atoms with Gasteiger partial charge in [0, 0.05) is 30.6 Å². The lowest BCUT2D eigenvalue weighted by molar-refractivity contribution is 0.383. The quantitative estimate of drug-likeness (QED) is 0.880. The molecular weight excluding hydrogens is 236 g/mol. The van der Waals surface area contributed by atoms with Crippen LogP contribution < -0.4 is 10.6 Å². The second kappa shape index (κ2) is 4.94. The molecule has 1 atom stereocenters. The molecule has 0 bridgehead atoms. The van der Waals surface area contributed by atoms with Gasteiger partial charge in [0.25, 0.3) is 0 Å². The van der Waals surface area contributed by atoms with Crippen LogP contribution in [0.5, 0.6) is 0 Å². The summed E-state index contributed by atoms with van der Waals surface area (Å²) in [7, 11) is 0. The molecule has 1 unspecified atom stereocenters. The van der Waals surface area contributed by atoms with Gasteiger partial charge in [-0.3, -0.25) is 4.68 Å². The molecule has 102 valence electrons. The summed E-state index contributed by atoms with van der Waals surface area (Å²) in [5.41, 5.74) is 2.60. The SMILES string of the molecule is CCn1nc(CNC2(C)CCNC2)c2ccccc21. The van der Waals surface area contributed by atoms with Crippen LogP contribution in [0.25, 0.3) is 10.9 Å². The van der Waals surface area contributed by atoms with Gasteiger partial charge in [-0.25, -0.2) is 0 Å². The Morgan fingerprint density at radius 3 is 3.00 bits per heavy atom. The zero-order valence-electron chi connectivity index (χ0n) is 11.7. The largest absolute Gasteiger partial charge is 0.315 e. The summed E-state index contributed by atoms with van der Waals surface area (Å²) in [6.45, 7) is 8.32. The van der Waals surface area contributed by atoms with Crippen LogP contribution in [0.4, 0.5) is 0 Å². The van der Waals surface area contributed by atoms with Crippen molar-refractivity contribution in [1.82, 2.24) is 20.4 Å². The molecule has 1 fully saturated rings. The molecule has 2 heterocycles. The first-order valence-corrected chi connectivity index (χ1v) is 7.12. The molecule has 0 amide bonds. The van der Waals surface area contributed by atoms with Crippen LogP contribution in [0.3, 0.4) is 0 Å². The fourth-order valence-electron chi connectivity index (χ4n) is 2.83. The Labute approximate surface area is 114 Å². The topological polar surface area (TPSA) is 41.9 Å². The monoisotopic (exact) mass is 258 g/mol. The molecule has 1 saturated heterocycles. The van der Waals surface area contributed by atoms with Crippen molar-refractivity contribution >= 4 is 10.9 Å². The first kappa shape index (κ1) is 12.6. The van der Waals surface area contributed by atoms with Gasteiger partial charge in [0.1, 0.15) is 0 Å². The highest BCUT2D eigenvalue weighted by atomic mass is 15.3. The van der Waals surface area contributed by atoms with Gasteiger partial charge in [0.05, 0.1) is 11.2 Å². The smallest absolute Gasteiger partial charge is 0.0841 e. The number of hydrogen-bond donors (Lipinski definition) is 2. The molecule has 2 aromatic rings. The average molecular weight is 258 g/mol. The highest BCUT2D eigenvalue weighted by molar-refractivity contribution is 5.81. The molecular formula is C15H22N4. The molecule has 1 aliphatic heterocycles. The maximum absolute atomic E-state index is 4.73. The number of nitrogens with one attached hydrogen (secondary N) is 2. The van der Waals surface area contributed by atoms with E-state index in [1.165, 1.54) is 17.3 Å². The summed E-state index contributed by atoms with van der Waals surface area (Å²) < 4.78 is 2.08. The summed E-state index contributed by atoms with van der Waals surface area (Å²) in [6.07, 6.45) is 1.18. The maximum Gasteiger partial charge on any atom is 0.0841 e. The number of benzene rings is 1. The third-order valence-corrected chi connectivity index (χ3v) is 4.09. The van der Waals surface area contributed by atoms with Gasteiger partial charge >= 0.3 is 0 Å². The number of hydrogen-bond acceptors (Lipinski definition) is 3. The zero-order valence-corrected chi connectivity index (χ0v) is 11.7. The van der Waals surface area contributed by atoms with Crippen molar-refractivity contribution in [1.29, 1.82) is 0 Å². The normalized spacial score (nSPS) is 23.3. The van der Waals surface area contributed by atoms with Crippen molar-refractivity contribution in [2.75, 3.05) is 13.1 Å². The van der Waals surface area contributed by atoms with E-state index in [0.717, 1.165) is 31.9 Å². The predicted octanol–water partition coefficient (Wildman–Crippen LogP) is 1.90. The van der Waals surface area contributed by atoms with E-state index in [0.29, 0.717) is 0 Å². The van der Waals surface area contributed by atoms with Crippen molar-refractivity contribution < 1.29 is 0 Å². The Hall–Kier alpha value is -1.39. The van der Waals surface area contributed by atoms with Crippen LogP contribution in [-0.2, 0) is 13.1 Å². The summed E-state index contributed by atoms with van der Waals surface area (Å²) in [5.74, 6) is 0. The van der Waals surface area contributed by atoms with Crippen LogP contribution >= 0.6 is 0 Å². The number of nitrogens with zero attached hydrogens (tertiary/aromatic N) is 2. The van der Waals surface area contributed by atoms with Crippen molar-refractivity contribution in [2.45, 2.75) is 38.9 Å². The number of rotatable bonds is 4. The van der Waals surface area contributed by atoms with E-state index in [9.17, 15) is 0 Å². The van der Waals surface area contributed by atoms with Gasteiger partial charge in [-0.05, 0) is 32.9 Å². The van der Waals surface area contributed by atoms with Crippen molar-refractivity contribution in [2.24, 2.45) is 0 Å². The summed E-state index contributed by atoms with van der Waals surface area (Å²) in [6, 6.07) is 8.48. The molecule has 4 heteroatoms. The fourth-order valence-corrected chi connectivity index (χ4v) is 2.83. The number of aryl methyl sites for hydroxylation is 1. The van der Waals surface area contributed by atoms with Crippen LogP contribution in [0.15, 0.2) is 24.3 Å². The highest BCUT2D eigenvalue weighted by Crippen LogP contribution is 2.20. The van der Waals surface area contributed by atoms with Crippen LogP contribution in [0.1, 0.15) is 26.0 Å². The standard InChI is InChI=1S/C15H22N4/c1-3-19-14-7-5-4-6-12(14)13(18-19)10-17-15(2)8-9-16-11-15/h4-7,16-17H,3,8-11H2,1-2H3. The fraction of sp³-hybridized carbons (Fsp3) is 0.533. The van der Waals surface area contributed by atoms with E-state index in [4.69, 9.17) is 5.10 Å². The molecule has 3 rings (SSSR count). The first-order valence-electron chi connectivity index (χ1n) is 7.12. The van der Waals surface area contributed by atoms with Crippen molar-refractivity contribution in [3.8, 4) is 0 Å².